The lowest BCUT2D eigenvalue weighted by molar-refractivity contribution is -0.140. The van der Waals surface area contributed by atoms with E-state index in [0.29, 0.717) is 12.0 Å². The lowest BCUT2D eigenvalue weighted by atomic mass is 10.0. The van der Waals surface area contributed by atoms with E-state index in [1.54, 1.807) is 31.3 Å². The number of carbonyl (C=O) groups excluding carboxylic acids is 2. The van der Waals surface area contributed by atoms with Crippen LogP contribution < -0.4 is 0 Å². The van der Waals surface area contributed by atoms with Crippen molar-refractivity contribution < 1.29 is 14.3 Å². The molecule has 1 amide bonds. The molecule has 0 unspecified atom stereocenters. The highest BCUT2D eigenvalue weighted by atomic mass is 16.5. The molecule has 0 radical (unpaired) electrons. The lowest BCUT2D eigenvalue weighted by Crippen LogP contribution is -2.23. The standard InChI is InChI=1S/C14H20N2O3/c1-5-10-9-15-11(6-7-13(17)19-4)8-12(10)14(18)16(2)3/h8-9H,5-7H2,1-4H3. The summed E-state index contributed by atoms with van der Waals surface area (Å²) in [5.41, 5.74) is 2.30. The molecule has 5 heteroatoms. The fourth-order valence-corrected chi connectivity index (χ4v) is 1.72. The Morgan fingerprint density at radius 2 is 2.05 bits per heavy atom. The summed E-state index contributed by atoms with van der Waals surface area (Å²) in [7, 11) is 4.80. The van der Waals surface area contributed by atoms with Gasteiger partial charge in [-0.25, -0.2) is 0 Å². The van der Waals surface area contributed by atoms with Crippen molar-refractivity contribution in [2.75, 3.05) is 21.2 Å². The van der Waals surface area contributed by atoms with Crippen LogP contribution in [0, 0.1) is 0 Å². The van der Waals surface area contributed by atoms with Gasteiger partial charge in [-0.15, -0.1) is 0 Å². The van der Waals surface area contributed by atoms with Crippen molar-refractivity contribution in [1.82, 2.24) is 9.88 Å². The third-order valence-corrected chi connectivity index (χ3v) is 2.87. The molecule has 0 aliphatic carbocycles. The van der Waals surface area contributed by atoms with E-state index in [2.05, 4.69) is 9.72 Å². The fraction of sp³-hybridized carbons (Fsp3) is 0.500. The SMILES string of the molecule is CCc1cnc(CCC(=O)OC)cc1C(=O)N(C)C. The molecule has 104 valence electrons. The number of pyridine rings is 1. The number of rotatable bonds is 5. The van der Waals surface area contributed by atoms with Crippen LogP contribution in [0.3, 0.4) is 0 Å². The highest BCUT2D eigenvalue weighted by Gasteiger charge is 2.14. The Bertz CT molecular complexity index is 470. The van der Waals surface area contributed by atoms with Gasteiger partial charge in [-0.2, -0.15) is 0 Å². The first-order chi connectivity index (χ1) is 8.99. The molecule has 19 heavy (non-hydrogen) atoms. The van der Waals surface area contributed by atoms with Crippen molar-refractivity contribution in [3.8, 4) is 0 Å². The second kappa shape index (κ2) is 6.87. The third kappa shape index (κ3) is 4.05. The van der Waals surface area contributed by atoms with Crippen LogP contribution in [0.15, 0.2) is 12.3 Å². The first-order valence-electron chi connectivity index (χ1n) is 6.25. The summed E-state index contributed by atoms with van der Waals surface area (Å²) in [4.78, 5) is 29.0. The van der Waals surface area contributed by atoms with Crippen LogP contribution in [0.2, 0.25) is 0 Å². The number of methoxy groups -OCH3 is 1. The maximum absolute atomic E-state index is 12.1. The molecular formula is C14H20N2O3. The molecule has 0 N–H and O–H groups in total. The van der Waals surface area contributed by atoms with Gasteiger partial charge >= 0.3 is 5.97 Å². The summed E-state index contributed by atoms with van der Waals surface area (Å²) in [6.07, 6.45) is 3.21. The van der Waals surface area contributed by atoms with Crippen molar-refractivity contribution in [2.24, 2.45) is 0 Å². The first-order valence-corrected chi connectivity index (χ1v) is 6.25. The van der Waals surface area contributed by atoms with Crippen LogP contribution in [0.1, 0.15) is 35.0 Å². The highest BCUT2D eigenvalue weighted by molar-refractivity contribution is 5.95. The van der Waals surface area contributed by atoms with Crippen LogP contribution >= 0.6 is 0 Å². The maximum atomic E-state index is 12.1. The molecule has 0 aliphatic rings. The molecule has 0 saturated carbocycles. The molecule has 1 heterocycles. The largest absolute Gasteiger partial charge is 0.469 e. The topological polar surface area (TPSA) is 59.5 Å². The predicted octanol–water partition coefficient (Wildman–Crippen LogP) is 1.45. The normalized spacial score (nSPS) is 10.1. The van der Waals surface area contributed by atoms with Crippen molar-refractivity contribution in [3.63, 3.8) is 0 Å². The van der Waals surface area contributed by atoms with Crippen LogP contribution in [-0.2, 0) is 22.4 Å². The van der Waals surface area contributed by atoms with Gasteiger partial charge in [0.2, 0.25) is 0 Å². The molecular weight excluding hydrogens is 244 g/mol. The summed E-state index contributed by atoms with van der Waals surface area (Å²) >= 11 is 0. The summed E-state index contributed by atoms with van der Waals surface area (Å²) in [5, 5.41) is 0. The molecule has 5 nitrogen and oxygen atoms in total. The van der Waals surface area contributed by atoms with E-state index in [0.717, 1.165) is 17.7 Å². The van der Waals surface area contributed by atoms with Crippen molar-refractivity contribution >= 4 is 11.9 Å². The maximum Gasteiger partial charge on any atom is 0.305 e. The Hall–Kier alpha value is -1.91. The average Bonchev–Trinajstić information content (AvgIpc) is 2.43. The number of aromatic nitrogens is 1. The molecule has 1 rings (SSSR count). The zero-order valence-corrected chi connectivity index (χ0v) is 11.9. The van der Waals surface area contributed by atoms with E-state index in [1.807, 2.05) is 6.92 Å². The predicted molar refractivity (Wildman–Crippen MR) is 72.0 cm³/mol. The number of hydrogen-bond donors (Lipinski definition) is 0. The van der Waals surface area contributed by atoms with E-state index in [9.17, 15) is 9.59 Å². The van der Waals surface area contributed by atoms with Gasteiger partial charge in [-0.3, -0.25) is 14.6 Å². The van der Waals surface area contributed by atoms with E-state index >= 15 is 0 Å². The van der Waals surface area contributed by atoms with Gasteiger partial charge < -0.3 is 9.64 Å². The summed E-state index contributed by atoms with van der Waals surface area (Å²) < 4.78 is 4.59. The van der Waals surface area contributed by atoms with Crippen LogP contribution in [0.4, 0.5) is 0 Å². The monoisotopic (exact) mass is 264 g/mol. The summed E-state index contributed by atoms with van der Waals surface area (Å²) in [6.45, 7) is 1.98. The number of hydrogen-bond acceptors (Lipinski definition) is 4. The van der Waals surface area contributed by atoms with Gasteiger partial charge in [-0.05, 0) is 18.1 Å². The molecule has 0 aromatic carbocycles. The Morgan fingerprint density at radius 3 is 2.58 bits per heavy atom. The van der Waals surface area contributed by atoms with Crippen LogP contribution in [-0.4, -0.2) is 43.0 Å². The fourth-order valence-electron chi connectivity index (χ4n) is 1.72. The minimum Gasteiger partial charge on any atom is -0.469 e. The second-order valence-corrected chi connectivity index (χ2v) is 4.46. The van der Waals surface area contributed by atoms with Crippen molar-refractivity contribution in [1.29, 1.82) is 0 Å². The van der Waals surface area contributed by atoms with E-state index in [-0.39, 0.29) is 18.3 Å². The van der Waals surface area contributed by atoms with Crippen LogP contribution in [0.25, 0.3) is 0 Å². The highest BCUT2D eigenvalue weighted by Crippen LogP contribution is 2.13. The molecule has 1 aromatic heterocycles. The van der Waals surface area contributed by atoms with E-state index in [1.165, 1.54) is 7.11 Å². The Morgan fingerprint density at radius 1 is 1.37 bits per heavy atom. The number of amides is 1. The van der Waals surface area contributed by atoms with Gasteiger partial charge in [0.25, 0.3) is 5.91 Å². The Kier molecular flexibility index (Phi) is 5.48. The first kappa shape index (κ1) is 15.1. The Labute approximate surface area is 113 Å². The van der Waals surface area contributed by atoms with E-state index < -0.39 is 0 Å². The van der Waals surface area contributed by atoms with E-state index in [4.69, 9.17) is 0 Å². The van der Waals surface area contributed by atoms with Gasteiger partial charge in [0, 0.05) is 38.0 Å². The number of esters is 1. The average molecular weight is 264 g/mol. The van der Waals surface area contributed by atoms with Gasteiger partial charge in [0.1, 0.15) is 0 Å². The number of ether oxygens (including phenoxy) is 1. The zero-order valence-electron chi connectivity index (χ0n) is 11.9. The minimum atomic E-state index is -0.276. The number of nitrogens with zero attached hydrogens (tertiary/aromatic N) is 2. The minimum absolute atomic E-state index is 0.0430. The second-order valence-electron chi connectivity index (χ2n) is 4.46. The quantitative estimate of drug-likeness (QED) is 0.755. The Balaban J connectivity index is 2.95. The molecule has 0 bridgehead atoms. The van der Waals surface area contributed by atoms with Crippen molar-refractivity contribution in [2.45, 2.75) is 26.2 Å². The molecule has 1 aromatic rings. The number of carbonyl (C=O) groups is 2. The zero-order chi connectivity index (χ0) is 14.4. The van der Waals surface area contributed by atoms with Gasteiger partial charge in [0.15, 0.2) is 0 Å². The third-order valence-electron chi connectivity index (χ3n) is 2.87. The van der Waals surface area contributed by atoms with Crippen LogP contribution in [0.5, 0.6) is 0 Å². The van der Waals surface area contributed by atoms with Gasteiger partial charge in [-0.1, -0.05) is 6.92 Å². The van der Waals surface area contributed by atoms with Crippen molar-refractivity contribution in [3.05, 3.63) is 29.1 Å². The number of aryl methyl sites for hydroxylation is 2. The molecule has 0 spiro atoms. The molecule has 0 atom stereocenters. The van der Waals surface area contributed by atoms with Gasteiger partial charge in [0.05, 0.1) is 13.5 Å². The molecule has 0 saturated heterocycles. The summed E-state index contributed by atoms with van der Waals surface area (Å²) in [5.74, 6) is -0.319. The summed E-state index contributed by atoms with van der Waals surface area (Å²) in [6, 6.07) is 1.77. The lowest BCUT2D eigenvalue weighted by Gasteiger charge is -2.14. The molecule has 0 aliphatic heterocycles. The molecule has 0 fully saturated rings. The smallest absolute Gasteiger partial charge is 0.305 e.